The molecule has 0 aromatic heterocycles. The molecule has 0 amide bonds. The number of nitrogens with zero attached hydrogens (tertiary/aromatic N) is 1. The number of hydrogen-bond donors (Lipinski definition) is 0. The summed E-state index contributed by atoms with van der Waals surface area (Å²) in [5.74, 6) is 1.00. The van der Waals surface area contributed by atoms with Crippen LogP contribution in [0.4, 0.5) is 0 Å². The molecule has 0 fully saturated rings. The largest absolute Gasteiger partial charge is 0.490 e. The molecule has 0 saturated heterocycles. The van der Waals surface area contributed by atoms with Gasteiger partial charge in [-0.3, -0.25) is 0 Å². The monoisotopic (exact) mass is 317 g/mol. The number of benzene rings is 1. The van der Waals surface area contributed by atoms with Gasteiger partial charge in [0.05, 0.1) is 19.8 Å². The summed E-state index contributed by atoms with van der Waals surface area (Å²) in [6.07, 6.45) is 1.48. The van der Waals surface area contributed by atoms with Crippen LogP contribution in [0.2, 0.25) is 0 Å². The van der Waals surface area contributed by atoms with Gasteiger partial charge in [0.15, 0.2) is 11.5 Å². The fourth-order valence-corrected chi connectivity index (χ4v) is 1.77. The van der Waals surface area contributed by atoms with Crippen LogP contribution in [0.15, 0.2) is 23.8 Å². The molecule has 0 aliphatic carbocycles. The third-order valence-electron chi connectivity index (χ3n) is 2.77. The quantitative estimate of drug-likeness (QED) is 0.416. The first-order valence-corrected chi connectivity index (χ1v) is 7.70. The van der Waals surface area contributed by atoms with Gasteiger partial charge in [-0.25, -0.2) is 4.79 Å². The lowest BCUT2D eigenvalue weighted by Crippen LogP contribution is -2.07. The lowest BCUT2D eigenvalue weighted by molar-refractivity contribution is -0.137. The molecule has 5 heteroatoms. The number of carbonyl (C=O) groups is 1. The average molecular weight is 317 g/mol. The van der Waals surface area contributed by atoms with Gasteiger partial charge in [-0.1, -0.05) is 19.9 Å². The van der Waals surface area contributed by atoms with E-state index >= 15 is 0 Å². The highest BCUT2D eigenvalue weighted by molar-refractivity contribution is 5.97. The summed E-state index contributed by atoms with van der Waals surface area (Å²) >= 11 is 0. The standard InChI is InChI=1S/C18H23NO4/c1-5-21-17-10-14(7-8-16(17)23-12-13(3)4)9-15(11-19)18(20)22-6-2/h7-10,13H,5-6,12H2,1-4H3/b15-9+. The number of ether oxygens (including phenoxy) is 3. The van der Waals surface area contributed by atoms with Crippen molar-refractivity contribution in [3.05, 3.63) is 29.3 Å². The van der Waals surface area contributed by atoms with Crippen molar-refractivity contribution in [3.8, 4) is 17.6 Å². The summed E-state index contributed by atoms with van der Waals surface area (Å²) in [5.41, 5.74) is 0.625. The molecule has 0 spiro atoms. The molecule has 0 atom stereocenters. The van der Waals surface area contributed by atoms with E-state index in [0.717, 1.165) is 0 Å². The van der Waals surface area contributed by atoms with E-state index in [0.29, 0.717) is 36.2 Å². The molecule has 1 aromatic carbocycles. The molecule has 0 bridgehead atoms. The zero-order valence-corrected chi connectivity index (χ0v) is 14.1. The molecule has 0 heterocycles. The third kappa shape index (κ3) is 6.03. The van der Waals surface area contributed by atoms with E-state index < -0.39 is 5.97 Å². The second-order valence-electron chi connectivity index (χ2n) is 5.23. The molecular formula is C18H23NO4. The van der Waals surface area contributed by atoms with Crippen molar-refractivity contribution in [1.82, 2.24) is 0 Å². The van der Waals surface area contributed by atoms with Crippen LogP contribution in [0.1, 0.15) is 33.3 Å². The van der Waals surface area contributed by atoms with Crippen LogP contribution >= 0.6 is 0 Å². The van der Waals surface area contributed by atoms with Gasteiger partial charge in [0.2, 0.25) is 0 Å². The minimum atomic E-state index is -0.631. The van der Waals surface area contributed by atoms with Gasteiger partial charge < -0.3 is 14.2 Å². The van der Waals surface area contributed by atoms with Crippen molar-refractivity contribution in [2.24, 2.45) is 5.92 Å². The maximum absolute atomic E-state index is 11.7. The van der Waals surface area contributed by atoms with Crippen LogP contribution in [0, 0.1) is 17.2 Å². The zero-order chi connectivity index (χ0) is 17.2. The van der Waals surface area contributed by atoms with E-state index in [2.05, 4.69) is 13.8 Å². The SMILES string of the molecule is CCOC(=O)/C(C#N)=C/c1ccc(OCC(C)C)c(OCC)c1. The molecular weight excluding hydrogens is 294 g/mol. The Kier molecular flexibility index (Phi) is 7.69. The highest BCUT2D eigenvalue weighted by Crippen LogP contribution is 2.29. The lowest BCUT2D eigenvalue weighted by Gasteiger charge is -2.14. The summed E-state index contributed by atoms with van der Waals surface area (Å²) in [4.78, 5) is 11.7. The number of rotatable bonds is 8. The van der Waals surface area contributed by atoms with Gasteiger partial charge in [-0.2, -0.15) is 5.26 Å². The lowest BCUT2D eigenvalue weighted by atomic mass is 10.1. The molecule has 0 aliphatic rings. The van der Waals surface area contributed by atoms with Crippen molar-refractivity contribution in [2.75, 3.05) is 19.8 Å². The van der Waals surface area contributed by atoms with Crippen molar-refractivity contribution in [1.29, 1.82) is 5.26 Å². The molecule has 0 N–H and O–H groups in total. The fourth-order valence-electron chi connectivity index (χ4n) is 1.77. The Balaban J connectivity index is 3.06. The molecule has 0 aliphatic heterocycles. The first-order chi connectivity index (χ1) is 11.0. The van der Waals surface area contributed by atoms with E-state index in [1.165, 1.54) is 6.08 Å². The first kappa shape index (κ1) is 18.6. The van der Waals surface area contributed by atoms with Crippen LogP contribution in [0.5, 0.6) is 11.5 Å². The maximum Gasteiger partial charge on any atom is 0.348 e. The second-order valence-corrected chi connectivity index (χ2v) is 5.23. The van der Waals surface area contributed by atoms with Gasteiger partial charge in [0.25, 0.3) is 0 Å². The van der Waals surface area contributed by atoms with E-state index in [9.17, 15) is 4.79 Å². The first-order valence-electron chi connectivity index (χ1n) is 7.70. The predicted octanol–water partition coefficient (Wildman–Crippen LogP) is 3.59. The van der Waals surface area contributed by atoms with E-state index in [4.69, 9.17) is 19.5 Å². The summed E-state index contributed by atoms with van der Waals surface area (Å²) < 4.78 is 16.1. The van der Waals surface area contributed by atoms with Crippen LogP contribution in [-0.4, -0.2) is 25.8 Å². The zero-order valence-electron chi connectivity index (χ0n) is 14.1. The second kappa shape index (κ2) is 9.52. The molecule has 1 aromatic rings. The van der Waals surface area contributed by atoms with Gasteiger partial charge in [0, 0.05) is 0 Å². The number of hydrogen-bond acceptors (Lipinski definition) is 5. The topological polar surface area (TPSA) is 68.6 Å². The van der Waals surface area contributed by atoms with Crippen molar-refractivity contribution in [2.45, 2.75) is 27.7 Å². The van der Waals surface area contributed by atoms with Gasteiger partial charge >= 0.3 is 5.97 Å². The summed E-state index contributed by atoms with van der Waals surface area (Å²) in [5, 5.41) is 9.08. The van der Waals surface area contributed by atoms with Gasteiger partial charge in [-0.15, -0.1) is 0 Å². The molecule has 23 heavy (non-hydrogen) atoms. The fraction of sp³-hybridized carbons (Fsp3) is 0.444. The summed E-state index contributed by atoms with van der Waals surface area (Å²) in [6, 6.07) is 7.15. The molecule has 5 nitrogen and oxygen atoms in total. The molecule has 124 valence electrons. The summed E-state index contributed by atoms with van der Waals surface area (Å²) in [6.45, 7) is 9.01. The Morgan fingerprint density at radius 2 is 1.96 bits per heavy atom. The van der Waals surface area contributed by atoms with Gasteiger partial charge in [0.1, 0.15) is 11.6 Å². The van der Waals surface area contributed by atoms with Crippen molar-refractivity contribution < 1.29 is 19.0 Å². The maximum atomic E-state index is 11.7. The molecule has 0 saturated carbocycles. The van der Waals surface area contributed by atoms with E-state index in [1.807, 2.05) is 13.0 Å². The normalized spacial score (nSPS) is 11.0. The summed E-state index contributed by atoms with van der Waals surface area (Å²) in [7, 11) is 0. The van der Waals surface area contributed by atoms with Crippen LogP contribution in [0.25, 0.3) is 6.08 Å². The van der Waals surface area contributed by atoms with Crippen LogP contribution < -0.4 is 9.47 Å². The Labute approximate surface area is 137 Å². The third-order valence-corrected chi connectivity index (χ3v) is 2.77. The Morgan fingerprint density at radius 3 is 2.52 bits per heavy atom. The number of nitriles is 1. The smallest absolute Gasteiger partial charge is 0.348 e. The Morgan fingerprint density at radius 1 is 1.22 bits per heavy atom. The van der Waals surface area contributed by atoms with Crippen molar-refractivity contribution >= 4 is 12.0 Å². The molecule has 0 radical (unpaired) electrons. The van der Waals surface area contributed by atoms with Crippen LogP contribution in [-0.2, 0) is 9.53 Å². The minimum absolute atomic E-state index is 0.0508. The Bertz CT molecular complexity index is 600. The molecule has 0 unspecified atom stereocenters. The van der Waals surface area contributed by atoms with E-state index in [-0.39, 0.29) is 12.2 Å². The number of esters is 1. The molecule has 1 rings (SSSR count). The predicted molar refractivity (Wildman–Crippen MR) is 88.2 cm³/mol. The van der Waals surface area contributed by atoms with E-state index in [1.54, 1.807) is 25.1 Å². The minimum Gasteiger partial charge on any atom is -0.490 e. The average Bonchev–Trinajstić information content (AvgIpc) is 2.52. The van der Waals surface area contributed by atoms with Crippen LogP contribution in [0.3, 0.4) is 0 Å². The highest BCUT2D eigenvalue weighted by Gasteiger charge is 2.12. The Hall–Kier alpha value is -2.48. The highest BCUT2D eigenvalue weighted by atomic mass is 16.5. The number of carbonyl (C=O) groups excluding carboxylic acids is 1. The van der Waals surface area contributed by atoms with Crippen molar-refractivity contribution in [3.63, 3.8) is 0 Å². The van der Waals surface area contributed by atoms with Gasteiger partial charge in [-0.05, 0) is 43.5 Å².